The van der Waals surface area contributed by atoms with E-state index < -0.39 is 0 Å². The Labute approximate surface area is 156 Å². The van der Waals surface area contributed by atoms with Crippen LogP contribution in [0.25, 0.3) is 0 Å². The van der Waals surface area contributed by atoms with Crippen molar-refractivity contribution < 1.29 is 14.3 Å². The van der Waals surface area contributed by atoms with Gasteiger partial charge in [0.15, 0.2) is 0 Å². The van der Waals surface area contributed by atoms with Gasteiger partial charge in [-0.25, -0.2) is 0 Å². The normalized spacial score (nSPS) is 22.7. The van der Waals surface area contributed by atoms with Crippen molar-refractivity contribution in [3.8, 4) is 5.75 Å². The molecular weight excluding hydrogens is 330 g/mol. The second-order valence-electron chi connectivity index (χ2n) is 7.39. The highest BCUT2D eigenvalue weighted by atomic mass is 16.5. The van der Waals surface area contributed by atoms with Crippen molar-refractivity contribution in [1.29, 1.82) is 0 Å². The van der Waals surface area contributed by atoms with Crippen LogP contribution >= 0.6 is 0 Å². The standard InChI is InChI=1S/C20H31N3O3/c1-14-7-5-10-18(15(14)2)22-20(25)13-23(3)12-19(24)21-16-8-6-9-17(11-16)26-4/h6,8-9,11,14-15,18H,5,7,10,12-13H2,1-4H3,(H,21,24)(H,22,25). The number of rotatable bonds is 7. The first-order valence-corrected chi connectivity index (χ1v) is 9.31. The minimum absolute atomic E-state index is 0.0207. The summed E-state index contributed by atoms with van der Waals surface area (Å²) in [6, 6.07) is 7.44. The summed E-state index contributed by atoms with van der Waals surface area (Å²) in [6.07, 6.45) is 3.43. The molecule has 0 aromatic heterocycles. The molecule has 1 aromatic carbocycles. The molecule has 1 saturated carbocycles. The third-order valence-electron chi connectivity index (χ3n) is 5.23. The number of amides is 2. The van der Waals surface area contributed by atoms with Crippen LogP contribution in [0.15, 0.2) is 24.3 Å². The molecular formula is C20H31N3O3. The lowest BCUT2D eigenvalue weighted by Crippen LogP contribution is -2.47. The fourth-order valence-electron chi connectivity index (χ4n) is 3.49. The van der Waals surface area contributed by atoms with Gasteiger partial charge in [-0.3, -0.25) is 14.5 Å². The lowest BCUT2D eigenvalue weighted by Gasteiger charge is -2.34. The molecule has 6 nitrogen and oxygen atoms in total. The first kappa shape index (κ1) is 20.2. The van der Waals surface area contributed by atoms with E-state index in [0.717, 1.165) is 12.8 Å². The molecule has 0 spiro atoms. The second kappa shape index (κ2) is 9.57. The van der Waals surface area contributed by atoms with Crippen LogP contribution in [0.2, 0.25) is 0 Å². The zero-order valence-corrected chi connectivity index (χ0v) is 16.2. The molecule has 3 unspecified atom stereocenters. The predicted molar refractivity (Wildman–Crippen MR) is 103 cm³/mol. The lowest BCUT2D eigenvalue weighted by molar-refractivity contribution is -0.124. The molecule has 3 atom stereocenters. The molecule has 1 fully saturated rings. The topological polar surface area (TPSA) is 70.7 Å². The van der Waals surface area contributed by atoms with E-state index >= 15 is 0 Å². The number of methoxy groups -OCH3 is 1. The Morgan fingerprint density at radius 3 is 2.65 bits per heavy atom. The number of likely N-dealkylation sites (N-methyl/N-ethyl adjacent to an activating group) is 1. The van der Waals surface area contributed by atoms with Crippen molar-refractivity contribution in [2.75, 3.05) is 32.6 Å². The monoisotopic (exact) mass is 361 g/mol. The van der Waals surface area contributed by atoms with Gasteiger partial charge in [0.2, 0.25) is 11.8 Å². The maximum atomic E-state index is 12.3. The molecule has 0 heterocycles. The Morgan fingerprint density at radius 1 is 1.19 bits per heavy atom. The van der Waals surface area contributed by atoms with Crippen LogP contribution in [0.3, 0.4) is 0 Å². The highest BCUT2D eigenvalue weighted by Gasteiger charge is 2.28. The summed E-state index contributed by atoms with van der Waals surface area (Å²) < 4.78 is 5.14. The van der Waals surface area contributed by atoms with Gasteiger partial charge in [-0.05, 0) is 37.4 Å². The van der Waals surface area contributed by atoms with E-state index in [1.54, 1.807) is 31.2 Å². The molecule has 2 amide bonds. The summed E-state index contributed by atoms with van der Waals surface area (Å²) in [4.78, 5) is 26.2. The number of hydrogen-bond donors (Lipinski definition) is 2. The van der Waals surface area contributed by atoms with Crippen molar-refractivity contribution in [3.05, 3.63) is 24.3 Å². The summed E-state index contributed by atoms with van der Waals surface area (Å²) in [5, 5.41) is 5.96. The van der Waals surface area contributed by atoms with Crippen molar-refractivity contribution in [2.45, 2.75) is 39.2 Å². The molecule has 0 saturated heterocycles. The van der Waals surface area contributed by atoms with Gasteiger partial charge in [0.25, 0.3) is 0 Å². The number of carbonyl (C=O) groups excluding carboxylic acids is 2. The molecule has 2 rings (SSSR count). The van der Waals surface area contributed by atoms with Gasteiger partial charge in [0.05, 0.1) is 20.2 Å². The minimum Gasteiger partial charge on any atom is -0.497 e. The van der Waals surface area contributed by atoms with E-state index in [-0.39, 0.29) is 30.9 Å². The zero-order valence-electron chi connectivity index (χ0n) is 16.2. The van der Waals surface area contributed by atoms with Crippen LogP contribution in [0.4, 0.5) is 5.69 Å². The van der Waals surface area contributed by atoms with Gasteiger partial charge in [-0.15, -0.1) is 0 Å². The number of nitrogens with one attached hydrogen (secondary N) is 2. The summed E-state index contributed by atoms with van der Waals surface area (Å²) in [5.41, 5.74) is 0.678. The number of hydrogen-bond acceptors (Lipinski definition) is 4. The molecule has 144 valence electrons. The maximum Gasteiger partial charge on any atom is 0.238 e. The van der Waals surface area contributed by atoms with Gasteiger partial charge in [0.1, 0.15) is 5.75 Å². The lowest BCUT2D eigenvalue weighted by atomic mass is 9.78. The third kappa shape index (κ3) is 6.02. The molecule has 26 heavy (non-hydrogen) atoms. The Hall–Kier alpha value is -2.08. The van der Waals surface area contributed by atoms with Crippen LogP contribution in [-0.4, -0.2) is 50.0 Å². The number of carbonyl (C=O) groups is 2. The van der Waals surface area contributed by atoms with Gasteiger partial charge < -0.3 is 15.4 Å². The third-order valence-corrected chi connectivity index (χ3v) is 5.23. The molecule has 0 bridgehead atoms. The SMILES string of the molecule is COc1cccc(NC(=O)CN(C)CC(=O)NC2CCCC(C)C2C)c1. The molecule has 1 aliphatic carbocycles. The molecule has 2 N–H and O–H groups in total. The summed E-state index contributed by atoms with van der Waals surface area (Å²) in [7, 11) is 3.36. The van der Waals surface area contributed by atoms with E-state index in [1.807, 2.05) is 12.1 Å². The highest BCUT2D eigenvalue weighted by molar-refractivity contribution is 5.92. The van der Waals surface area contributed by atoms with Crippen LogP contribution in [0, 0.1) is 11.8 Å². The Morgan fingerprint density at radius 2 is 1.92 bits per heavy atom. The number of nitrogens with zero attached hydrogens (tertiary/aromatic N) is 1. The zero-order chi connectivity index (χ0) is 19.1. The predicted octanol–water partition coefficient (Wildman–Crippen LogP) is 2.51. The van der Waals surface area contributed by atoms with E-state index in [4.69, 9.17) is 4.74 Å². The second-order valence-corrected chi connectivity index (χ2v) is 7.39. The number of benzene rings is 1. The van der Waals surface area contributed by atoms with E-state index in [2.05, 4.69) is 24.5 Å². The molecule has 0 radical (unpaired) electrons. The fourth-order valence-corrected chi connectivity index (χ4v) is 3.49. The van der Waals surface area contributed by atoms with Gasteiger partial charge in [-0.1, -0.05) is 32.8 Å². The Kier molecular flexibility index (Phi) is 7.45. The highest BCUT2D eigenvalue weighted by Crippen LogP contribution is 2.29. The largest absolute Gasteiger partial charge is 0.497 e. The van der Waals surface area contributed by atoms with E-state index in [1.165, 1.54) is 6.42 Å². The van der Waals surface area contributed by atoms with Crippen molar-refractivity contribution in [1.82, 2.24) is 10.2 Å². The minimum atomic E-state index is -0.159. The van der Waals surface area contributed by atoms with Crippen molar-refractivity contribution >= 4 is 17.5 Å². The molecule has 1 aromatic rings. The van der Waals surface area contributed by atoms with Crippen LogP contribution in [0.5, 0.6) is 5.75 Å². The van der Waals surface area contributed by atoms with Crippen LogP contribution < -0.4 is 15.4 Å². The van der Waals surface area contributed by atoms with Crippen molar-refractivity contribution in [2.24, 2.45) is 11.8 Å². The number of ether oxygens (including phenoxy) is 1. The number of anilines is 1. The summed E-state index contributed by atoms with van der Waals surface area (Å²) in [5.74, 6) is 1.64. The molecule has 6 heteroatoms. The van der Waals surface area contributed by atoms with Gasteiger partial charge >= 0.3 is 0 Å². The smallest absolute Gasteiger partial charge is 0.238 e. The maximum absolute atomic E-state index is 12.3. The summed E-state index contributed by atoms with van der Waals surface area (Å²) in [6.45, 7) is 4.82. The fraction of sp³-hybridized carbons (Fsp3) is 0.600. The van der Waals surface area contributed by atoms with Gasteiger partial charge in [0, 0.05) is 17.8 Å². The summed E-state index contributed by atoms with van der Waals surface area (Å²) >= 11 is 0. The van der Waals surface area contributed by atoms with Crippen LogP contribution in [0.1, 0.15) is 33.1 Å². The average molecular weight is 361 g/mol. The van der Waals surface area contributed by atoms with E-state index in [9.17, 15) is 9.59 Å². The van der Waals surface area contributed by atoms with Crippen LogP contribution in [-0.2, 0) is 9.59 Å². The Balaban J connectivity index is 1.77. The quantitative estimate of drug-likeness (QED) is 0.783. The van der Waals surface area contributed by atoms with E-state index in [0.29, 0.717) is 23.3 Å². The van der Waals surface area contributed by atoms with Gasteiger partial charge in [-0.2, -0.15) is 0 Å². The molecule has 0 aliphatic heterocycles. The first-order valence-electron chi connectivity index (χ1n) is 9.31. The average Bonchev–Trinajstić information content (AvgIpc) is 2.58. The van der Waals surface area contributed by atoms with Crippen molar-refractivity contribution in [3.63, 3.8) is 0 Å². The molecule has 1 aliphatic rings. The Bertz CT molecular complexity index is 620. The first-order chi connectivity index (χ1) is 12.4.